The topological polar surface area (TPSA) is 15.7 Å². The van der Waals surface area contributed by atoms with Gasteiger partial charge in [0.2, 0.25) is 0 Å². The van der Waals surface area contributed by atoms with Crippen molar-refractivity contribution in [3.8, 4) is 0 Å². The highest BCUT2D eigenvalue weighted by atomic mass is 79.9. The van der Waals surface area contributed by atoms with Crippen LogP contribution < -0.4 is 9.80 Å². The molecule has 0 bridgehead atoms. The summed E-state index contributed by atoms with van der Waals surface area (Å²) in [7, 11) is 2.19. The first-order valence-corrected chi connectivity index (χ1v) is 7.83. The first kappa shape index (κ1) is 13.3. The molecule has 1 aromatic carbocycles. The third-order valence-corrected chi connectivity index (χ3v) is 4.72. The lowest BCUT2D eigenvalue weighted by molar-refractivity contribution is 0.0828. The number of fused-ring (bicyclic) bond motifs is 1. The Morgan fingerprint density at radius 3 is 2.68 bits per heavy atom. The maximum absolute atomic E-state index is 5.51. The minimum atomic E-state index is 0.551. The van der Waals surface area contributed by atoms with Crippen molar-refractivity contribution < 1.29 is 4.74 Å². The molecule has 3 nitrogen and oxygen atoms in total. The molecule has 0 saturated carbocycles. The summed E-state index contributed by atoms with van der Waals surface area (Å²) in [6.07, 6.45) is 2.28. The Morgan fingerprint density at radius 2 is 1.95 bits per heavy atom. The van der Waals surface area contributed by atoms with E-state index in [1.54, 1.807) is 0 Å². The molecule has 3 rings (SSSR count). The minimum Gasteiger partial charge on any atom is -0.381 e. The Morgan fingerprint density at radius 1 is 1.21 bits per heavy atom. The Kier molecular flexibility index (Phi) is 3.72. The van der Waals surface area contributed by atoms with Gasteiger partial charge >= 0.3 is 0 Å². The normalized spacial score (nSPS) is 24.5. The van der Waals surface area contributed by atoms with Crippen molar-refractivity contribution in [2.24, 2.45) is 0 Å². The molecule has 0 amide bonds. The highest BCUT2D eigenvalue weighted by Crippen LogP contribution is 2.39. The van der Waals surface area contributed by atoms with Gasteiger partial charge in [-0.2, -0.15) is 0 Å². The van der Waals surface area contributed by atoms with Crippen LogP contribution in [0.1, 0.15) is 19.8 Å². The summed E-state index contributed by atoms with van der Waals surface area (Å²) in [5.74, 6) is 0. The van der Waals surface area contributed by atoms with Gasteiger partial charge in [0.15, 0.2) is 0 Å². The van der Waals surface area contributed by atoms with Crippen molar-refractivity contribution in [1.82, 2.24) is 0 Å². The van der Waals surface area contributed by atoms with Crippen LogP contribution in [0.2, 0.25) is 0 Å². The maximum atomic E-state index is 5.51. The molecule has 0 aromatic heterocycles. The Labute approximate surface area is 123 Å². The third kappa shape index (κ3) is 2.48. The number of anilines is 2. The average molecular weight is 325 g/mol. The molecule has 2 heterocycles. The number of halogens is 1. The molecule has 19 heavy (non-hydrogen) atoms. The molecule has 1 aromatic rings. The largest absolute Gasteiger partial charge is 0.381 e. The molecule has 0 N–H and O–H groups in total. The first-order chi connectivity index (χ1) is 9.16. The van der Waals surface area contributed by atoms with E-state index < -0.39 is 0 Å². The molecule has 0 radical (unpaired) electrons. The van der Waals surface area contributed by atoms with Crippen molar-refractivity contribution in [3.05, 3.63) is 22.7 Å². The fraction of sp³-hybridized carbons (Fsp3) is 0.600. The van der Waals surface area contributed by atoms with Crippen molar-refractivity contribution in [1.29, 1.82) is 0 Å². The molecule has 0 aliphatic carbocycles. The van der Waals surface area contributed by atoms with Crippen molar-refractivity contribution in [2.45, 2.75) is 31.8 Å². The van der Waals surface area contributed by atoms with Crippen molar-refractivity contribution >= 4 is 27.3 Å². The van der Waals surface area contributed by atoms with Crippen molar-refractivity contribution in [3.63, 3.8) is 0 Å². The Bertz CT molecular complexity index is 459. The summed E-state index contributed by atoms with van der Waals surface area (Å²) >= 11 is 3.61. The smallest absolute Gasteiger partial charge is 0.0620 e. The van der Waals surface area contributed by atoms with Gasteiger partial charge in [0.25, 0.3) is 0 Å². The highest BCUT2D eigenvalue weighted by molar-refractivity contribution is 9.10. The molecule has 4 heteroatoms. The van der Waals surface area contributed by atoms with Crippen LogP contribution in [0.15, 0.2) is 22.7 Å². The van der Waals surface area contributed by atoms with Gasteiger partial charge in [0, 0.05) is 43.4 Å². The zero-order chi connectivity index (χ0) is 13.4. The summed E-state index contributed by atoms with van der Waals surface area (Å²) in [6.45, 7) is 5.21. The Hall–Kier alpha value is -0.740. The number of ether oxygens (including phenoxy) is 1. The van der Waals surface area contributed by atoms with E-state index >= 15 is 0 Å². The summed E-state index contributed by atoms with van der Waals surface area (Å²) in [5.41, 5.74) is 2.70. The lowest BCUT2D eigenvalue weighted by Crippen LogP contribution is -2.52. The molecule has 0 spiro atoms. The molecule has 1 saturated heterocycles. The zero-order valence-corrected chi connectivity index (χ0v) is 13.2. The third-order valence-electron chi connectivity index (χ3n) is 4.22. The van der Waals surface area contributed by atoms with Gasteiger partial charge in [0.1, 0.15) is 0 Å². The van der Waals surface area contributed by atoms with Gasteiger partial charge in [-0.05, 0) is 38.0 Å². The fourth-order valence-electron chi connectivity index (χ4n) is 3.37. The van der Waals surface area contributed by atoms with Crippen LogP contribution >= 0.6 is 15.9 Å². The van der Waals surface area contributed by atoms with Crippen LogP contribution in [-0.4, -0.2) is 38.9 Å². The second kappa shape index (κ2) is 5.33. The second-order valence-corrected chi connectivity index (χ2v) is 6.53. The molecule has 1 atom stereocenters. The monoisotopic (exact) mass is 324 g/mol. The first-order valence-electron chi connectivity index (χ1n) is 7.03. The standard InChI is InChI=1S/C15H21BrN2O/c1-11-10-17(2)14-4-3-12(16)9-15(14)18(11)13-5-7-19-8-6-13/h3-4,9,11,13H,5-8,10H2,1-2H3/t11-/m1/s1. The predicted molar refractivity (Wildman–Crippen MR) is 83.2 cm³/mol. The van der Waals surface area contributed by atoms with Gasteiger partial charge < -0.3 is 14.5 Å². The number of benzene rings is 1. The number of hydrogen-bond acceptors (Lipinski definition) is 3. The number of likely N-dealkylation sites (N-methyl/N-ethyl adjacent to an activating group) is 1. The van der Waals surface area contributed by atoms with Crippen LogP contribution in [0, 0.1) is 0 Å². The van der Waals surface area contributed by atoms with E-state index in [9.17, 15) is 0 Å². The Balaban J connectivity index is 1.99. The van der Waals surface area contributed by atoms with Gasteiger partial charge in [-0.15, -0.1) is 0 Å². The maximum Gasteiger partial charge on any atom is 0.0620 e. The van der Waals surface area contributed by atoms with E-state index in [0.29, 0.717) is 12.1 Å². The number of nitrogens with zero attached hydrogens (tertiary/aromatic N) is 2. The average Bonchev–Trinajstić information content (AvgIpc) is 2.39. The summed E-state index contributed by atoms with van der Waals surface area (Å²) in [5, 5.41) is 0. The second-order valence-electron chi connectivity index (χ2n) is 5.61. The lowest BCUT2D eigenvalue weighted by atomic mass is 10.00. The molecule has 2 aliphatic rings. The van der Waals surface area contributed by atoms with Crippen molar-refractivity contribution in [2.75, 3.05) is 36.6 Å². The molecule has 2 aliphatic heterocycles. The van der Waals surface area contributed by atoms with Crippen LogP contribution in [-0.2, 0) is 4.74 Å². The highest BCUT2D eigenvalue weighted by Gasteiger charge is 2.32. The SMILES string of the molecule is C[C@@H]1CN(C)c2ccc(Br)cc2N1C1CCOCC1. The van der Waals surface area contributed by atoms with Gasteiger partial charge in [-0.25, -0.2) is 0 Å². The molecule has 104 valence electrons. The molecular weight excluding hydrogens is 304 g/mol. The summed E-state index contributed by atoms with van der Waals surface area (Å²) in [6, 6.07) is 7.78. The molecular formula is C15H21BrN2O. The quantitative estimate of drug-likeness (QED) is 0.788. The molecule has 1 fully saturated rings. The predicted octanol–water partition coefficient (Wildman–Crippen LogP) is 3.27. The molecule has 0 unspecified atom stereocenters. The number of rotatable bonds is 1. The fourth-order valence-corrected chi connectivity index (χ4v) is 3.72. The van der Waals surface area contributed by atoms with E-state index in [2.05, 4.69) is 57.9 Å². The van der Waals surface area contributed by atoms with E-state index in [1.807, 2.05) is 0 Å². The number of hydrogen-bond donors (Lipinski definition) is 0. The van der Waals surface area contributed by atoms with Crippen LogP contribution in [0.5, 0.6) is 0 Å². The van der Waals surface area contributed by atoms with E-state index in [-0.39, 0.29) is 0 Å². The van der Waals surface area contributed by atoms with Crippen LogP contribution in [0.25, 0.3) is 0 Å². The minimum absolute atomic E-state index is 0.551. The van der Waals surface area contributed by atoms with E-state index in [1.165, 1.54) is 11.4 Å². The van der Waals surface area contributed by atoms with Gasteiger partial charge in [-0.1, -0.05) is 15.9 Å². The zero-order valence-electron chi connectivity index (χ0n) is 11.6. The van der Waals surface area contributed by atoms with Gasteiger partial charge in [0.05, 0.1) is 11.4 Å². The van der Waals surface area contributed by atoms with Crippen LogP contribution in [0.4, 0.5) is 11.4 Å². The summed E-state index contributed by atoms with van der Waals surface area (Å²) in [4.78, 5) is 4.98. The van der Waals surface area contributed by atoms with Crippen LogP contribution in [0.3, 0.4) is 0 Å². The lowest BCUT2D eigenvalue weighted by Gasteiger charge is -2.47. The summed E-state index contributed by atoms with van der Waals surface area (Å²) < 4.78 is 6.67. The van der Waals surface area contributed by atoms with E-state index in [4.69, 9.17) is 4.74 Å². The van der Waals surface area contributed by atoms with E-state index in [0.717, 1.165) is 37.1 Å². The van der Waals surface area contributed by atoms with Gasteiger partial charge in [-0.3, -0.25) is 0 Å².